The van der Waals surface area contributed by atoms with Crippen molar-refractivity contribution in [1.82, 2.24) is 4.90 Å². The van der Waals surface area contributed by atoms with Gasteiger partial charge in [-0.15, -0.1) is 0 Å². The molecule has 0 unspecified atom stereocenters. The van der Waals surface area contributed by atoms with Crippen molar-refractivity contribution >= 4 is 5.96 Å². The van der Waals surface area contributed by atoms with Gasteiger partial charge in [-0.3, -0.25) is 20.9 Å². The number of piperazine rings is 1. The molecule has 6 nitrogen and oxygen atoms in total. The Balaban J connectivity index is 1.62. The van der Waals surface area contributed by atoms with Crippen LogP contribution in [-0.4, -0.2) is 48.4 Å². The Labute approximate surface area is 112 Å². The van der Waals surface area contributed by atoms with E-state index in [0.717, 1.165) is 44.2 Å². The van der Waals surface area contributed by atoms with Gasteiger partial charge in [-0.1, -0.05) is 6.07 Å². The molecule has 0 atom stereocenters. The molecule has 6 heteroatoms. The Morgan fingerprint density at radius 2 is 1.89 bits per heavy atom. The van der Waals surface area contributed by atoms with Crippen LogP contribution in [0.5, 0.6) is 11.5 Å². The van der Waals surface area contributed by atoms with E-state index in [1.54, 1.807) is 0 Å². The Hall–Kier alpha value is -1.95. The van der Waals surface area contributed by atoms with E-state index in [2.05, 4.69) is 17.0 Å². The number of hydrogen-bond donors (Lipinski definition) is 2. The van der Waals surface area contributed by atoms with Crippen LogP contribution in [0.3, 0.4) is 0 Å². The van der Waals surface area contributed by atoms with Crippen LogP contribution in [0.2, 0.25) is 0 Å². The highest BCUT2D eigenvalue weighted by Crippen LogP contribution is 2.32. The van der Waals surface area contributed by atoms with Crippen molar-refractivity contribution in [3.05, 3.63) is 23.8 Å². The van der Waals surface area contributed by atoms with Crippen LogP contribution in [0.1, 0.15) is 5.56 Å². The van der Waals surface area contributed by atoms with E-state index in [0.29, 0.717) is 12.8 Å². The summed E-state index contributed by atoms with van der Waals surface area (Å²) in [6.45, 7) is 4.93. The van der Waals surface area contributed by atoms with Crippen molar-refractivity contribution < 1.29 is 14.0 Å². The molecule has 1 fully saturated rings. The molecule has 0 radical (unpaired) electrons. The van der Waals surface area contributed by atoms with Crippen molar-refractivity contribution in [3.8, 4) is 11.5 Å². The average molecular weight is 263 g/mol. The third-order valence-corrected chi connectivity index (χ3v) is 3.58. The summed E-state index contributed by atoms with van der Waals surface area (Å²) in [5, 5.41) is 0. The molecule has 0 spiro atoms. The minimum absolute atomic E-state index is 0.322. The van der Waals surface area contributed by atoms with Crippen molar-refractivity contribution in [2.24, 2.45) is 11.5 Å². The number of fused-ring (bicyclic) bond motifs is 1. The standard InChI is InChI=1S/C13H18N4O2/c14-13(15)17-5-3-16(4-6-17)8-10-1-2-11-12(7-10)19-9-18-11/h1-2,7H,3-6,8-9H2,(H3,14,15)/p+1. The fourth-order valence-corrected chi connectivity index (χ4v) is 2.46. The van der Waals surface area contributed by atoms with Crippen LogP contribution in [0, 0.1) is 0 Å². The normalized spacial score (nSPS) is 18.6. The van der Waals surface area contributed by atoms with E-state index in [1.165, 1.54) is 5.56 Å². The van der Waals surface area contributed by atoms with E-state index >= 15 is 0 Å². The zero-order chi connectivity index (χ0) is 13.2. The summed E-state index contributed by atoms with van der Waals surface area (Å²) in [4.78, 5) is 2.39. The van der Waals surface area contributed by atoms with Gasteiger partial charge in [0.2, 0.25) is 6.79 Å². The Bertz CT molecular complexity index is 501. The lowest BCUT2D eigenvalue weighted by Gasteiger charge is -2.28. The Morgan fingerprint density at radius 1 is 1.16 bits per heavy atom. The average Bonchev–Trinajstić information content (AvgIpc) is 2.87. The molecule has 102 valence electrons. The molecular formula is C13H19N4O2+. The SMILES string of the molecule is NC(N)=[N+]1CCN(Cc2ccc3c(c2)OCO3)CC1. The van der Waals surface area contributed by atoms with Crippen LogP contribution in [-0.2, 0) is 6.54 Å². The van der Waals surface area contributed by atoms with Gasteiger partial charge in [0.1, 0.15) is 0 Å². The molecule has 0 amide bonds. The smallest absolute Gasteiger partial charge is 0.341 e. The first-order chi connectivity index (χ1) is 9.22. The first-order valence-electron chi connectivity index (χ1n) is 6.46. The molecular weight excluding hydrogens is 244 g/mol. The predicted molar refractivity (Wildman–Crippen MR) is 71.2 cm³/mol. The molecule has 2 aliphatic heterocycles. The maximum atomic E-state index is 5.60. The van der Waals surface area contributed by atoms with Gasteiger partial charge in [0, 0.05) is 19.6 Å². The monoisotopic (exact) mass is 263 g/mol. The van der Waals surface area contributed by atoms with Crippen molar-refractivity contribution in [2.45, 2.75) is 6.54 Å². The van der Waals surface area contributed by atoms with E-state index < -0.39 is 0 Å². The minimum atomic E-state index is 0.322. The van der Waals surface area contributed by atoms with Crippen LogP contribution < -0.4 is 20.9 Å². The maximum absolute atomic E-state index is 5.60. The third kappa shape index (κ3) is 2.58. The summed E-state index contributed by atoms with van der Waals surface area (Å²) in [5.41, 5.74) is 12.4. The second-order valence-electron chi connectivity index (χ2n) is 4.88. The summed E-state index contributed by atoms with van der Waals surface area (Å²) in [6.07, 6.45) is 0. The lowest BCUT2D eigenvalue weighted by atomic mass is 10.2. The number of rotatable bonds is 2. The van der Waals surface area contributed by atoms with Gasteiger partial charge < -0.3 is 9.47 Å². The van der Waals surface area contributed by atoms with Gasteiger partial charge in [0.15, 0.2) is 11.5 Å². The van der Waals surface area contributed by atoms with E-state index in [1.807, 2.05) is 10.6 Å². The Morgan fingerprint density at radius 3 is 2.63 bits per heavy atom. The molecule has 2 aliphatic rings. The molecule has 1 aromatic carbocycles. The molecule has 0 aliphatic carbocycles. The van der Waals surface area contributed by atoms with Crippen LogP contribution in [0.4, 0.5) is 0 Å². The lowest BCUT2D eigenvalue weighted by Crippen LogP contribution is -2.47. The number of nitrogens with two attached hydrogens (primary N) is 2. The first kappa shape index (κ1) is 12.1. The number of benzene rings is 1. The molecule has 0 saturated carbocycles. The third-order valence-electron chi connectivity index (χ3n) is 3.58. The number of hydrogen-bond acceptors (Lipinski definition) is 3. The van der Waals surface area contributed by atoms with Gasteiger partial charge in [-0.05, 0) is 17.7 Å². The van der Waals surface area contributed by atoms with Crippen LogP contribution >= 0.6 is 0 Å². The molecule has 3 rings (SSSR count). The van der Waals surface area contributed by atoms with Crippen LogP contribution in [0.25, 0.3) is 0 Å². The first-order valence-corrected chi connectivity index (χ1v) is 6.46. The van der Waals surface area contributed by atoms with Gasteiger partial charge in [-0.25, -0.2) is 0 Å². The molecule has 1 saturated heterocycles. The molecule has 1 aromatic rings. The van der Waals surface area contributed by atoms with E-state index in [4.69, 9.17) is 20.9 Å². The zero-order valence-electron chi connectivity index (χ0n) is 10.8. The number of guanidine groups is 1. The fraction of sp³-hybridized carbons (Fsp3) is 0.462. The molecule has 0 aromatic heterocycles. The number of nitrogens with zero attached hydrogens (tertiary/aromatic N) is 2. The highest BCUT2D eigenvalue weighted by atomic mass is 16.7. The zero-order valence-corrected chi connectivity index (χ0v) is 10.8. The summed E-state index contributed by atoms with van der Waals surface area (Å²) in [5.74, 6) is 2.09. The fourth-order valence-electron chi connectivity index (χ4n) is 2.46. The second kappa shape index (κ2) is 4.97. The molecule has 19 heavy (non-hydrogen) atoms. The minimum Gasteiger partial charge on any atom is -0.454 e. The Kier molecular flexibility index (Phi) is 3.16. The lowest BCUT2D eigenvalue weighted by molar-refractivity contribution is -0.541. The van der Waals surface area contributed by atoms with E-state index in [9.17, 15) is 0 Å². The largest absolute Gasteiger partial charge is 0.454 e. The van der Waals surface area contributed by atoms with Crippen molar-refractivity contribution in [1.29, 1.82) is 0 Å². The summed E-state index contributed by atoms with van der Waals surface area (Å²) >= 11 is 0. The van der Waals surface area contributed by atoms with Gasteiger partial charge in [-0.2, -0.15) is 0 Å². The molecule has 0 bridgehead atoms. The van der Waals surface area contributed by atoms with Crippen LogP contribution in [0.15, 0.2) is 18.2 Å². The van der Waals surface area contributed by atoms with Crippen molar-refractivity contribution in [3.63, 3.8) is 0 Å². The summed E-state index contributed by atoms with van der Waals surface area (Å²) < 4.78 is 12.7. The quantitative estimate of drug-likeness (QED) is 0.556. The van der Waals surface area contributed by atoms with Gasteiger partial charge in [0.25, 0.3) is 0 Å². The maximum Gasteiger partial charge on any atom is 0.341 e. The van der Waals surface area contributed by atoms with Gasteiger partial charge >= 0.3 is 5.96 Å². The summed E-state index contributed by atoms with van der Waals surface area (Å²) in [7, 11) is 0. The van der Waals surface area contributed by atoms with Crippen molar-refractivity contribution in [2.75, 3.05) is 33.0 Å². The predicted octanol–water partition coefficient (Wildman–Crippen LogP) is -0.483. The highest BCUT2D eigenvalue weighted by Gasteiger charge is 2.18. The van der Waals surface area contributed by atoms with E-state index in [-0.39, 0.29) is 0 Å². The number of ether oxygens (including phenoxy) is 2. The van der Waals surface area contributed by atoms with Gasteiger partial charge in [0.05, 0.1) is 13.1 Å². The molecule has 2 heterocycles. The second-order valence-corrected chi connectivity index (χ2v) is 4.88. The highest BCUT2D eigenvalue weighted by molar-refractivity contribution is 5.70. The molecule has 4 N–H and O–H groups in total. The summed E-state index contributed by atoms with van der Waals surface area (Å²) in [6, 6.07) is 6.11. The topological polar surface area (TPSA) is 76.8 Å².